The molecule has 0 aromatic carbocycles. The van der Waals surface area contributed by atoms with Crippen molar-refractivity contribution < 1.29 is 24.2 Å². The number of nitrogens with two attached hydrogens (primary N) is 1. The molecule has 0 saturated heterocycles. The number of nitrogen functional groups attached to an aromatic ring is 1. The first-order valence-electron chi connectivity index (χ1n) is 3.91. The lowest BCUT2D eigenvalue weighted by atomic mass is 10.2. The Morgan fingerprint density at radius 1 is 1.60 bits per heavy atom. The zero-order valence-electron chi connectivity index (χ0n) is 7.88. The first kappa shape index (κ1) is 11.3. The first-order valence-corrected chi connectivity index (χ1v) is 3.91. The second-order valence-corrected chi connectivity index (χ2v) is 2.54. The van der Waals surface area contributed by atoms with Gasteiger partial charge in [-0.05, 0) is 0 Å². The van der Waals surface area contributed by atoms with Crippen LogP contribution in [0.2, 0.25) is 0 Å². The van der Waals surface area contributed by atoms with Gasteiger partial charge in [0.05, 0.1) is 19.0 Å². The summed E-state index contributed by atoms with van der Waals surface area (Å²) in [5, 5.41) is 17.1. The van der Waals surface area contributed by atoms with Crippen LogP contribution >= 0.6 is 0 Å². The standard InChI is InChI=1S/C7H9BN2O5/c1-14-7(11)5-2-6(15-8(12)13)4(9)3-10-5/h2-3,12-13H,9H2,1H3. The van der Waals surface area contributed by atoms with Crippen LogP contribution in [-0.4, -0.2) is 35.4 Å². The molecule has 1 rings (SSSR count). The molecule has 0 bridgehead atoms. The van der Waals surface area contributed by atoms with E-state index < -0.39 is 13.3 Å². The first-order chi connectivity index (χ1) is 7.04. The van der Waals surface area contributed by atoms with Crippen LogP contribution in [0.5, 0.6) is 5.75 Å². The second kappa shape index (κ2) is 4.62. The Balaban J connectivity index is 2.99. The highest BCUT2D eigenvalue weighted by Gasteiger charge is 2.16. The summed E-state index contributed by atoms with van der Waals surface area (Å²) in [5.74, 6) is -0.729. The molecule has 15 heavy (non-hydrogen) atoms. The zero-order chi connectivity index (χ0) is 11.4. The minimum atomic E-state index is -2.01. The number of carbonyl (C=O) groups is 1. The maximum absolute atomic E-state index is 11.1. The molecular weight excluding hydrogens is 203 g/mol. The fraction of sp³-hybridized carbons (Fsp3) is 0.143. The SMILES string of the molecule is COC(=O)c1cc(OB(O)O)c(N)cn1. The number of anilines is 1. The van der Waals surface area contributed by atoms with Gasteiger partial charge in [0.25, 0.3) is 0 Å². The van der Waals surface area contributed by atoms with Gasteiger partial charge in [0.2, 0.25) is 0 Å². The predicted molar refractivity (Wildman–Crippen MR) is 50.8 cm³/mol. The molecule has 0 spiro atoms. The third kappa shape index (κ3) is 2.83. The molecule has 0 radical (unpaired) electrons. The Morgan fingerprint density at radius 3 is 2.80 bits per heavy atom. The van der Waals surface area contributed by atoms with Gasteiger partial charge in [0.1, 0.15) is 5.75 Å². The molecule has 7 nitrogen and oxygen atoms in total. The molecule has 8 heteroatoms. The van der Waals surface area contributed by atoms with E-state index in [4.69, 9.17) is 15.8 Å². The number of ether oxygens (including phenoxy) is 1. The molecule has 0 unspecified atom stereocenters. The van der Waals surface area contributed by atoms with Gasteiger partial charge in [-0.3, -0.25) is 0 Å². The molecule has 0 atom stereocenters. The van der Waals surface area contributed by atoms with Crippen molar-refractivity contribution in [2.45, 2.75) is 0 Å². The smallest absolute Gasteiger partial charge is 0.510 e. The zero-order valence-corrected chi connectivity index (χ0v) is 7.88. The van der Waals surface area contributed by atoms with Crippen LogP contribution in [0.15, 0.2) is 12.3 Å². The van der Waals surface area contributed by atoms with E-state index in [0.717, 1.165) is 12.3 Å². The lowest BCUT2D eigenvalue weighted by molar-refractivity contribution is 0.0593. The number of aromatic nitrogens is 1. The quantitative estimate of drug-likeness (QED) is 0.425. The summed E-state index contributed by atoms with van der Waals surface area (Å²) in [4.78, 5) is 14.7. The van der Waals surface area contributed by atoms with Gasteiger partial charge in [0.15, 0.2) is 5.69 Å². The summed E-state index contributed by atoms with van der Waals surface area (Å²) in [6.45, 7) is 0. The van der Waals surface area contributed by atoms with E-state index in [1.807, 2.05) is 0 Å². The van der Waals surface area contributed by atoms with Crippen molar-refractivity contribution in [3.05, 3.63) is 18.0 Å². The summed E-state index contributed by atoms with van der Waals surface area (Å²) in [6, 6.07) is 1.15. The molecule has 0 saturated carbocycles. The van der Waals surface area contributed by atoms with Crippen molar-refractivity contribution >= 4 is 19.0 Å². The molecule has 0 amide bonds. The van der Waals surface area contributed by atoms with Gasteiger partial charge in [-0.25, -0.2) is 9.78 Å². The topological polar surface area (TPSA) is 115 Å². The average molecular weight is 212 g/mol. The summed E-state index contributed by atoms with van der Waals surface area (Å²) >= 11 is 0. The molecule has 0 aliphatic rings. The number of esters is 1. The van der Waals surface area contributed by atoms with E-state index >= 15 is 0 Å². The molecule has 0 fully saturated rings. The highest BCUT2D eigenvalue weighted by molar-refractivity contribution is 6.34. The van der Waals surface area contributed by atoms with E-state index in [2.05, 4.69) is 14.4 Å². The van der Waals surface area contributed by atoms with Crippen LogP contribution in [0.1, 0.15) is 10.5 Å². The summed E-state index contributed by atoms with van der Waals surface area (Å²) in [7, 11) is -0.817. The fourth-order valence-electron chi connectivity index (χ4n) is 0.879. The van der Waals surface area contributed by atoms with Gasteiger partial charge in [0, 0.05) is 6.07 Å². The van der Waals surface area contributed by atoms with E-state index in [1.165, 1.54) is 7.11 Å². The maximum Gasteiger partial charge on any atom is 0.707 e. The second-order valence-electron chi connectivity index (χ2n) is 2.54. The average Bonchev–Trinajstić information content (AvgIpc) is 2.19. The fourth-order valence-corrected chi connectivity index (χ4v) is 0.879. The third-order valence-electron chi connectivity index (χ3n) is 1.52. The molecular formula is C7H9BN2O5. The Kier molecular flexibility index (Phi) is 3.48. The molecule has 1 aromatic heterocycles. The van der Waals surface area contributed by atoms with Crippen molar-refractivity contribution in [2.24, 2.45) is 0 Å². The van der Waals surface area contributed by atoms with E-state index in [0.29, 0.717) is 0 Å². The number of nitrogens with zero attached hydrogens (tertiary/aromatic N) is 1. The third-order valence-corrected chi connectivity index (χ3v) is 1.52. The summed E-state index contributed by atoms with van der Waals surface area (Å²) in [6.07, 6.45) is 1.16. The molecule has 4 N–H and O–H groups in total. The number of methoxy groups -OCH3 is 1. The minimum Gasteiger partial charge on any atom is -0.510 e. The van der Waals surface area contributed by atoms with Crippen molar-refractivity contribution in [1.82, 2.24) is 4.98 Å². The number of hydrogen-bond acceptors (Lipinski definition) is 7. The van der Waals surface area contributed by atoms with E-state index in [9.17, 15) is 4.79 Å². The highest BCUT2D eigenvalue weighted by atomic mass is 16.6. The number of pyridine rings is 1. The van der Waals surface area contributed by atoms with Crippen molar-refractivity contribution in [3.63, 3.8) is 0 Å². The normalized spacial score (nSPS) is 9.53. The Bertz CT molecular complexity index is 370. The van der Waals surface area contributed by atoms with Crippen LogP contribution in [0.25, 0.3) is 0 Å². The number of carbonyl (C=O) groups excluding carboxylic acids is 1. The van der Waals surface area contributed by atoms with E-state index in [1.54, 1.807) is 0 Å². The lowest BCUT2D eigenvalue weighted by Crippen LogP contribution is -2.21. The Labute approximate surface area is 85.6 Å². The van der Waals surface area contributed by atoms with Gasteiger partial charge < -0.3 is 25.2 Å². The number of hydrogen-bond donors (Lipinski definition) is 3. The van der Waals surface area contributed by atoms with Crippen molar-refractivity contribution in [3.8, 4) is 5.75 Å². The Morgan fingerprint density at radius 2 is 2.27 bits per heavy atom. The van der Waals surface area contributed by atoms with Crippen molar-refractivity contribution in [2.75, 3.05) is 12.8 Å². The van der Waals surface area contributed by atoms with Gasteiger partial charge >= 0.3 is 13.3 Å². The van der Waals surface area contributed by atoms with Crippen LogP contribution in [0, 0.1) is 0 Å². The van der Waals surface area contributed by atoms with Crippen molar-refractivity contribution in [1.29, 1.82) is 0 Å². The number of rotatable bonds is 3. The summed E-state index contributed by atoms with van der Waals surface area (Å²) < 4.78 is 8.93. The largest absolute Gasteiger partial charge is 0.707 e. The Hall–Kier alpha value is -1.80. The van der Waals surface area contributed by atoms with Crippen LogP contribution in [-0.2, 0) is 4.74 Å². The van der Waals surface area contributed by atoms with Crippen LogP contribution < -0.4 is 10.4 Å². The molecule has 0 aliphatic carbocycles. The predicted octanol–water partition coefficient (Wildman–Crippen LogP) is -1.20. The van der Waals surface area contributed by atoms with Crippen LogP contribution in [0.3, 0.4) is 0 Å². The van der Waals surface area contributed by atoms with Gasteiger partial charge in [-0.1, -0.05) is 0 Å². The van der Waals surface area contributed by atoms with Gasteiger partial charge in [-0.15, -0.1) is 0 Å². The summed E-state index contributed by atoms with van der Waals surface area (Å²) in [5.41, 5.74) is 5.46. The minimum absolute atomic E-state index is 0.0395. The molecule has 1 aromatic rings. The monoisotopic (exact) mass is 212 g/mol. The lowest BCUT2D eigenvalue weighted by Gasteiger charge is -2.08. The van der Waals surface area contributed by atoms with E-state index in [-0.39, 0.29) is 17.1 Å². The van der Waals surface area contributed by atoms with Crippen LogP contribution in [0.4, 0.5) is 5.69 Å². The highest BCUT2D eigenvalue weighted by Crippen LogP contribution is 2.21. The molecule has 80 valence electrons. The van der Waals surface area contributed by atoms with Gasteiger partial charge in [-0.2, -0.15) is 0 Å². The molecule has 1 heterocycles. The molecule has 0 aliphatic heterocycles. The maximum atomic E-state index is 11.1.